The van der Waals surface area contributed by atoms with E-state index >= 15 is 0 Å². The van der Waals surface area contributed by atoms with Crippen LogP contribution in [0.3, 0.4) is 0 Å². The minimum atomic E-state index is -1.64. The highest BCUT2D eigenvalue weighted by Crippen LogP contribution is 2.56. The van der Waals surface area contributed by atoms with Gasteiger partial charge in [-0.2, -0.15) is 0 Å². The highest BCUT2D eigenvalue weighted by Gasteiger charge is 2.56. The summed E-state index contributed by atoms with van der Waals surface area (Å²) in [6.07, 6.45) is -4.23. The second kappa shape index (κ2) is 14.2. The van der Waals surface area contributed by atoms with Crippen LogP contribution in [0.25, 0.3) is 0 Å². The molecule has 0 bridgehead atoms. The summed E-state index contributed by atoms with van der Waals surface area (Å²) >= 11 is 0. The third kappa shape index (κ3) is 7.12. The van der Waals surface area contributed by atoms with E-state index in [4.69, 9.17) is 23.7 Å². The van der Waals surface area contributed by atoms with Crippen LogP contribution in [0.2, 0.25) is 0 Å². The van der Waals surface area contributed by atoms with Gasteiger partial charge in [0.2, 0.25) is 0 Å². The van der Waals surface area contributed by atoms with Crippen molar-refractivity contribution in [3.63, 3.8) is 0 Å². The summed E-state index contributed by atoms with van der Waals surface area (Å²) in [6, 6.07) is 0. The third-order valence-electron chi connectivity index (χ3n) is 10.6. The first-order valence-corrected chi connectivity index (χ1v) is 16.1. The molecule has 11 nitrogen and oxygen atoms in total. The lowest BCUT2D eigenvalue weighted by atomic mass is 9.68. The second-order valence-electron chi connectivity index (χ2n) is 14.1. The van der Waals surface area contributed by atoms with Crippen molar-refractivity contribution in [1.29, 1.82) is 0 Å². The van der Waals surface area contributed by atoms with E-state index in [1.54, 1.807) is 27.0 Å². The smallest absolute Gasteiger partial charge is 0.302 e. The van der Waals surface area contributed by atoms with Crippen molar-refractivity contribution in [2.24, 2.45) is 29.1 Å². The van der Waals surface area contributed by atoms with Gasteiger partial charge in [-0.3, -0.25) is 4.79 Å². The van der Waals surface area contributed by atoms with Crippen LogP contribution in [0.1, 0.15) is 60.8 Å². The molecular formula is C34H54O11. The highest BCUT2D eigenvalue weighted by molar-refractivity contribution is 5.66. The van der Waals surface area contributed by atoms with Gasteiger partial charge in [0.05, 0.1) is 24.9 Å². The molecule has 1 saturated carbocycles. The maximum absolute atomic E-state index is 12.4. The maximum atomic E-state index is 12.4. The minimum absolute atomic E-state index is 0.00573. The SMILES string of the molecule is C=CC(C)(C)OCC1OC(OC2C3=C(C(C)CO)CC(OC(C)=O)C3(C)C=C3C(COC)CCC3C(C)C2O)C(O)C(O)C1O. The number of ether oxygens (including phenoxy) is 5. The summed E-state index contributed by atoms with van der Waals surface area (Å²) in [4.78, 5) is 12.4. The van der Waals surface area contributed by atoms with E-state index in [0.29, 0.717) is 18.6 Å². The number of carbonyl (C=O) groups excluding carboxylic acids is 1. The Balaban J connectivity index is 1.82. The van der Waals surface area contributed by atoms with Crippen LogP contribution < -0.4 is 0 Å². The third-order valence-corrected chi connectivity index (χ3v) is 10.6. The molecule has 0 aromatic heterocycles. The molecule has 45 heavy (non-hydrogen) atoms. The molecule has 1 aliphatic heterocycles. The lowest BCUT2D eigenvalue weighted by Crippen LogP contribution is -2.61. The van der Waals surface area contributed by atoms with E-state index in [0.717, 1.165) is 24.0 Å². The van der Waals surface area contributed by atoms with E-state index in [1.807, 2.05) is 20.8 Å². The number of aliphatic hydroxyl groups is 5. The van der Waals surface area contributed by atoms with Crippen molar-refractivity contribution in [3.05, 3.63) is 35.5 Å². The standard InChI is InChI=1S/C34H54O11/c1-9-33(5,6)42-16-24-28(38)29(39)30(40)32(44-24)45-31-26-22(17(2)14-35)12-25(43-19(4)36)34(26,7)13-23-20(15-41-8)10-11-21(23)18(3)27(31)37/h9,13,17-18,20-21,24-25,27-32,35,37-40H,1,10-12,14-16H2,2-8H3. The molecule has 0 aromatic rings. The Bertz CT molecular complexity index is 1130. The Morgan fingerprint density at radius 1 is 1.16 bits per heavy atom. The van der Waals surface area contributed by atoms with Gasteiger partial charge >= 0.3 is 5.97 Å². The Hall–Kier alpha value is -1.67. The van der Waals surface area contributed by atoms with Crippen LogP contribution in [0.5, 0.6) is 0 Å². The number of carbonyl (C=O) groups is 1. The number of hydrogen-bond acceptors (Lipinski definition) is 11. The van der Waals surface area contributed by atoms with E-state index in [9.17, 15) is 30.3 Å². The second-order valence-corrected chi connectivity index (χ2v) is 14.1. The van der Waals surface area contributed by atoms with Gasteiger partial charge in [-0.1, -0.05) is 37.1 Å². The zero-order chi connectivity index (χ0) is 33.4. The largest absolute Gasteiger partial charge is 0.461 e. The Morgan fingerprint density at radius 3 is 2.44 bits per heavy atom. The topological polar surface area (TPSA) is 164 Å². The van der Waals surface area contributed by atoms with Crippen molar-refractivity contribution < 1.29 is 54.0 Å². The van der Waals surface area contributed by atoms with Gasteiger partial charge in [0.15, 0.2) is 6.29 Å². The van der Waals surface area contributed by atoms with E-state index < -0.39 is 66.0 Å². The fourth-order valence-corrected chi connectivity index (χ4v) is 7.68. The Labute approximate surface area is 266 Å². The Kier molecular flexibility index (Phi) is 11.4. The highest BCUT2D eigenvalue weighted by atomic mass is 16.7. The van der Waals surface area contributed by atoms with Crippen LogP contribution in [-0.2, 0) is 28.5 Å². The predicted octanol–water partition coefficient (Wildman–Crippen LogP) is 2.04. The van der Waals surface area contributed by atoms with Gasteiger partial charge in [-0.05, 0) is 51.0 Å². The van der Waals surface area contributed by atoms with Crippen LogP contribution in [-0.4, -0.2) is 113 Å². The van der Waals surface area contributed by atoms with Gasteiger partial charge in [0, 0.05) is 44.3 Å². The van der Waals surface area contributed by atoms with Crippen molar-refractivity contribution >= 4 is 5.97 Å². The number of rotatable bonds is 11. The molecule has 5 N–H and O–H groups in total. The molecule has 1 heterocycles. The van der Waals surface area contributed by atoms with E-state index in [2.05, 4.69) is 12.7 Å². The van der Waals surface area contributed by atoms with Crippen molar-refractivity contribution in [3.8, 4) is 0 Å². The zero-order valence-electron chi connectivity index (χ0n) is 27.7. The summed E-state index contributed by atoms with van der Waals surface area (Å²) in [7, 11) is 1.67. The van der Waals surface area contributed by atoms with Crippen molar-refractivity contribution in [1.82, 2.24) is 0 Å². The molecular weight excluding hydrogens is 584 g/mol. The molecule has 0 aromatic carbocycles. The van der Waals surface area contributed by atoms with Gasteiger partial charge in [0.25, 0.3) is 0 Å². The van der Waals surface area contributed by atoms with Crippen molar-refractivity contribution in [2.75, 3.05) is 26.9 Å². The predicted molar refractivity (Wildman–Crippen MR) is 165 cm³/mol. The molecule has 256 valence electrons. The Morgan fingerprint density at radius 2 is 1.84 bits per heavy atom. The van der Waals surface area contributed by atoms with E-state index in [-0.39, 0.29) is 36.9 Å². The molecule has 4 aliphatic rings. The number of hydrogen-bond donors (Lipinski definition) is 5. The number of aliphatic hydroxyl groups excluding tert-OH is 5. The fraction of sp³-hybridized carbons (Fsp3) is 0.794. The quantitative estimate of drug-likeness (QED) is 0.166. The molecule has 1 saturated heterocycles. The van der Waals surface area contributed by atoms with Gasteiger partial charge in [0.1, 0.15) is 36.6 Å². The van der Waals surface area contributed by atoms with E-state index in [1.165, 1.54) is 6.92 Å². The molecule has 11 heteroatoms. The first-order chi connectivity index (χ1) is 21.1. The van der Waals surface area contributed by atoms with Crippen LogP contribution in [0, 0.1) is 29.1 Å². The number of esters is 1. The summed E-state index contributed by atoms with van der Waals surface area (Å²) in [5, 5.41) is 55.2. The molecule has 0 radical (unpaired) electrons. The number of fused-ring (bicyclic) bond motifs is 2. The van der Waals surface area contributed by atoms with Gasteiger partial charge in [-0.25, -0.2) is 0 Å². The molecule has 13 atom stereocenters. The molecule has 4 rings (SSSR count). The lowest BCUT2D eigenvalue weighted by molar-refractivity contribution is -0.319. The minimum Gasteiger partial charge on any atom is -0.461 e. The average molecular weight is 639 g/mol. The van der Waals surface area contributed by atoms with Crippen LogP contribution in [0.15, 0.2) is 35.5 Å². The average Bonchev–Trinajstić information content (AvgIpc) is 3.50. The molecule has 3 aliphatic carbocycles. The van der Waals surface area contributed by atoms with Gasteiger partial charge < -0.3 is 49.2 Å². The molecule has 0 spiro atoms. The summed E-state index contributed by atoms with van der Waals surface area (Å²) in [5.41, 5.74) is 0.911. The first-order valence-electron chi connectivity index (χ1n) is 16.1. The van der Waals surface area contributed by atoms with Crippen LogP contribution in [0.4, 0.5) is 0 Å². The lowest BCUT2D eigenvalue weighted by Gasteiger charge is -2.46. The normalized spacial score (nSPS) is 41.1. The molecule has 0 amide bonds. The molecule has 2 fully saturated rings. The first kappa shape index (κ1) is 36.2. The summed E-state index contributed by atoms with van der Waals surface area (Å²) < 4.78 is 30.0. The zero-order valence-corrected chi connectivity index (χ0v) is 27.7. The summed E-state index contributed by atoms with van der Waals surface area (Å²) in [5.74, 6) is -0.970. The maximum Gasteiger partial charge on any atom is 0.302 e. The van der Waals surface area contributed by atoms with Crippen LogP contribution >= 0.6 is 0 Å². The fourth-order valence-electron chi connectivity index (χ4n) is 7.68. The molecule has 13 unspecified atom stereocenters. The van der Waals surface area contributed by atoms with Gasteiger partial charge in [-0.15, -0.1) is 6.58 Å². The summed E-state index contributed by atoms with van der Waals surface area (Å²) in [6.45, 7) is 14.7. The monoisotopic (exact) mass is 638 g/mol. The van der Waals surface area contributed by atoms with Crippen molar-refractivity contribution in [2.45, 2.75) is 115 Å². The number of methoxy groups -OCH3 is 1.